The molecule has 0 bridgehead atoms. The molecule has 1 heterocycles. The van der Waals surface area contributed by atoms with E-state index in [4.69, 9.17) is 16.3 Å². The van der Waals surface area contributed by atoms with E-state index in [9.17, 15) is 13.2 Å². The van der Waals surface area contributed by atoms with Crippen molar-refractivity contribution in [2.45, 2.75) is 19.5 Å². The minimum absolute atomic E-state index is 0.0347. The average molecular weight is 298 g/mol. The standard InChI is InChI=1S/C11H15ClF3N3O/c1-2-5-19-10-7-16-6-9(17-10)18(4-3-12)8-11(13,14)15/h6-7H,2-5,8H2,1H3. The molecule has 0 atom stereocenters. The molecule has 0 aliphatic rings. The van der Waals surface area contributed by atoms with Crippen LogP contribution in [0.25, 0.3) is 0 Å². The molecule has 0 N–H and O–H groups in total. The molecule has 1 aromatic rings. The van der Waals surface area contributed by atoms with Gasteiger partial charge in [-0.2, -0.15) is 18.2 Å². The van der Waals surface area contributed by atoms with Crippen molar-refractivity contribution in [2.75, 3.05) is 30.5 Å². The summed E-state index contributed by atoms with van der Waals surface area (Å²) in [5.41, 5.74) is 0. The molecular weight excluding hydrogens is 283 g/mol. The fraction of sp³-hybridized carbons (Fsp3) is 0.636. The normalized spacial score (nSPS) is 11.4. The molecule has 0 saturated heterocycles. The van der Waals surface area contributed by atoms with Crippen molar-refractivity contribution in [1.82, 2.24) is 9.97 Å². The minimum atomic E-state index is -4.33. The minimum Gasteiger partial charge on any atom is -0.477 e. The Kier molecular flexibility index (Phi) is 6.14. The molecule has 19 heavy (non-hydrogen) atoms. The summed E-state index contributed by atoms with van der Waals surface area (Å²) < 4.78 is 42.6. The predicted octanol–water partition coefficient (Wildman–Crippen LogP) is 2.87. The summed E-state index contributed by atoms with van der Waals surface area (Å²) in [6.07, 6.45) is -0.920. The second-order valence-corrected chi connectivity index (χ2v) is 4.17. The molecule has 1 rings (SSSR count). The highest BCUT2D eigenvalue weighted by Gasteiger charge is 2.31. The van der Waals surface area contributed by atoms with Crippen molar-refractivity contribution in [3.05, 3.63) is 12.4 Å². The SMILES string of the molecule is CCCOc1cncc(N(CCCl)CC(F)(F)F)n1. The fourth-order valence-electron chi connectivity index (χ4n) is 1.36. The number of rotatable bonds is 7. The number of anilines is 1. The van der Waals surface area contributed by atoms with Crippen molar-refractivity contribution < 1.29 is 17.9 Å². The molecule has 108 valence electrons. The van der Waals surface area contributed by atoms with E-state index in [0.29, 0.717) is 6.61 Å². The molecule has 1 aromatic heterocycles. The van der Waals surface area contributed by atoms with E-state index in [-0.39, 0.29) is 24.1 Å². The van der Waals surface area contributed by atoms with Crippen molar-refractivity contribution >= 4 is 17.4 Å². The Morgan fingerprint density at radius 1 is 1.37 bits per heavy atom. The lowest BCUT2D eigenvalue weighted by atomic mass is 10.4. The van der Waals surface area contributed by atoms with Crippen molar-refractivity contribution in [2.24, 2.45) is 0 Å². The summed E-state index contributed by atoms with van der Waals surface area (Å²) in [6, 6.07) is 0. The van der Waals surface area contributed by atoms with E-state index in [0.717, 1.165) is 11.3 Å². The van der Waals surface area contributed by atoms with Gasteiger partial charge < -0.3 is 9.64 Å². The van der Waals surface area contributed by atoms with Crippen LogP contribution in [0.3, 0.4) is 0 Å². The van der Waals surface area contributed by atoms with Gasteiger partial charge in [-0.25, -0.2) is 0 Å². The first-order chi connectivity index (χ1) is 8.96. The molecule has 8 heteroatoms. The summed E-state index contributed by atoms with van der Waals surface area (Å²) in [4.78, 5) is 8.85. The summed E-state index contributed by atoms with van der Waals surface area (Å²) in [5.74, 6) is 0.380. The van der Waals surface area contributed by atoms with Crippen LogP contribution >= 0.6 is 11.6 Å². The molecule has 0 fully saturated rings. The van der Waals surface area contributed by atoms with Crippen LogP contribution in [-0.2, 0) is 0 Å². The van der Waals surface area contributed by atoms with Gasteiger partial charge in [-0.15, -0.1) is 11.6 Å². The van der Waals surface area contributed by atoms with E-state index >= 15 is 0 Å². The van der Waals surface area contributed by atoms with Crippen LogP contribution in [0.4, 0.5) is 19.0 Å². The Morgan fingerprint density at radius 2 is 2.11 bits per heavy atom. The zero-order valence-electron chi connectivity index (χ0n) is 10.5. The van der Waals surface area contributed by atoms with Gasteiger partial charge in [-0.1, -0.05) is 6.92 Å². The van der Waals surface area contributed by atoms with Gasteiger partial charge in [0.15, 0.2) is 5.82 Å². The van der Waals surface area contributed by atoms with Gasteiger partial charge >= 0.3 is 6.18 Å². The Hall–Kier alpha value is -1.24. The number of halogens is 4. The Balaban J connectivity index is 2.83. The number of alkyl halides is 4. The van der Waals surface area contributed by atoms with Crippen molar-refractivity contribution in [1.29, 1.82) is 0 Å². The Bertz CT molecular complexity index is 390. The van der Waals surface area contributed by atoms with Crippen LogP contribution in [-0.4, -0.2) is 41.7 Å². The van der Waals surface area contributed by atoms with Crippen LogP contribution in [0.15, 0.2) is 12.4 Å². The lowest BCUT2D eigenvalue weighted by Crippen LogP contribution is -2.36. The third-order valence-corrected chi connectivity index (χ3v) is 2.27. The second kappa shape index (κ2) is 7.37. The summed E-state index contributed by atoms with van der Waals surface area (Å²) in [6.45, 7) is 1.27. The topological polar surface area (TPSA) is 38.2 Å². The van der Waals surface area contributed by atoms with E-state index in [1.54, 1.807) is 0 Å². The zero-order chi connectivity index (χ0) is 14.3. The van der Waals surface area contributed by atoms with Gasteiger partial charge in [0.05, 0.1) is 19.0 Å². The van der Waals surface area contributed by atoms with Crippen LogP contribution in [0.2, 0.25) is 0 Å². The Labute approximate surface area is 114 Å². The molecule has 0 unspecified atom stereocenters. The van der Waals surface area contributed by atoms with E-state index in [1.807, 2.05) is 6.92 Å². The highest BCUT2D eigenvalue weighted by molar-refractivity contribution is 6.18. The molecule has 0 amide bonds. The largest absolute Gasteiger partial charge is 0.477 e. The highest BCUT2D eigenvalue weighted by atomic mass is 35.5. The quantitative estimate of drug-likeness (QED) is 0.725. The zero-order valence-corrected chi connectivity index (χ0v) is 11.2. The lowest BCUT2D eigenvalue weighted by Gasteiger charge is -2.23. The van der Waals surface area contributed by atoms with E-state index in [2.05, 4.69) is 9.97 Å². The smallest absolute Gasteiger partial charge is 0.405 e. The van der Waals surface area contributed by atoms with E-state index < -0.39 is 12.7 Å². The number of ether oxygens (including phenoxy) is 1. The van der Waals surface area contributed by atoms with Crippen LogP contribution < -0.4 is 9.64 Å². The third-order valence-electron chi connectivity index (χ3n) is 2.10. The molecule has 0 aliphatic heterocycles. The van der Waals surface area contributed by atoms with Gasteiger partial charge in [-0.05, 0) is 6.42 Å². The predicted molar refractivity (Wildman–Crippen MR) is 66.8 cm³/mol. The molecular formula is C11H15ClF3N3O. The third kappa shape index (κ3) is 5.96. The van der Waals surface area contributed by atoms with Gasteiger partial charge in [0.2, 0.25) is 5.88 Å². The summed E-state index contributed by atoms with van der Waals surface area (Å²) in [5, 5.41) is 0. The Morgan fingerprint density at radius 3 is 2.68 bits per heavy atom. The van der Waals surface area contributed by atoms with Crippen molar-refractivity contribution in [3.8, 4) is 5.88 Å². The molecule has 0 saturated carbocycles. The molecule has 0 spiro atoms. The molecule has 0 aliphatic carbocycles. The summed E-state index contributed by atoms with van der Waals surface area (Å²) in [7, 11) is 0. The van der Waals surface area contributed by atoms with Crippen LogP contribution in [0.1, 0.15) is 13.3 Å². The monoisotopic (exact) mass is 297 g/mol. The maximum absolute atomic E-state index is 12.5. The molecule has 0 aromatic carbocycles. The fourth-order valence-corrected chi connectivity index (χ4v) is 1.56. The van der Waals surface area contributed by atoms with Crippen LogP contribution in [0, 0.1) is 0 Å². The average Bonchev–Trinajstić information content (AvgIpc) is 2.35. The number of hydrogen-bond acceptors (Lipinski definition) is 4. The molecule has 0 radical (unpaired) electrons. The number of nitrogens with zero attached hydrogens (tertiary/aromatic N) is 3. The van der Waals surface area contributed by atoms with Crippen LogP contribution in [0.5, 0.6) is 5.88 Å². The van der Waals surface area contributed by atoms with Gasteiger partial charge in [0.25, 0.3) is 0 Å². The highest BCUT2D eigenvalue weighted by Crippen LogP contribution is 2.21. The number of aromatic nitrogens is 2. The van der Waals surface area contributed by atoms with Gasteiger partial charge in [0, 0.05) is 12.4 Å². The first kappa shape index (κ1) is 15.8. The van der Waals surface area contributed by atoms with Gasteiger partial charge in [-0.3, -0.25) is 4.98 Å². The maximum atomic E-state index is 12.5. The van der Waals surface area contributed by atoms with Crippen molar-refractivity contribution in [3.63, 3.8) is 0 Å². The van der Waals surface area contributed by atoms with E-state index in [1.165, 1.54) is 12.4 Å². The molecule has 4 nitrogen and oxygen atoms in total. The lowest BCUT2D eigenvalue weighted by molar-refractivity contribution is -0.119. The first-order valence-electron chi connectivity index (χ1n) is 5.78. The summed E-state index contributed by atoms with van der Waals surface area (Å²) >= 11 is 5.51. The first-order valence-corrected chi connectivity index (χ1v) is 6.32. The van der Waals surface area contributed by atoms with Gasteiger partial charge in [0.1, 0.15) is 6.54 Å². The second-order valence-electron chi connectivity index (χ2n) is 3.79. The number of hydrogen-bond donors (Lipinski definition) is 0. The maximum Gasteiger partial charge on any atom is 0.405 e.